The number of ether oxygens (including phenoxy) is 1. The summed E-state index contributed by atoms with van der Waals surface area (Å²) in [5, 5.41) is 0. The number of morpholine rings is 1. The first-order chi connectivity index (χ1) is 7.70. The molecule has 0 saturated carbocycles. The van der Waals surface area contributed by atoms with Crippen molar-refractivity contribution in [2.24, 2.45) is 5.73 Å². The van der Waals surface area contributed by atoms with Crippen LogP contribution in [0.25, 0.3) is 0 Å². The molecule has 5 heteroatoms. The second kappa shape index (κ2) is 4.76. The minimum absolute atomic E-state index is 0.242. The van der Waals surface area contributed by atoms with E-state index in [1.807, 2.05) is 13.1 Å². The molecular weight excluding hydrogens is 204 g/mol. The first-order valence-corrected chi connectivity index (χ1v) is 5.60. The van der Waals surface area contributed by atoms with Crippen molar-refractivity contribution in [3.05, 3.63) is 17.5 Å². The van der Waals surface area contributed by atoms with Crippen LogP contribution in [0.15, 0.2) is 6.20 Å². The van der Waals surface area contributed by atoms with Crippen LogP contribution >= 0.6 is 0 Å². The van der Waals surface area contributed by atoms with Gasteiger partial charge < -0.3 is 15.4 Å². The third-order valence-electron chi connectivity index (χ3n) is 2.81. The number of aromatic nitrogens is 2. The molecule has 16 heavy (non-hydrogen) atoms. The highest BCUT2D eigenvalue weighted by atomic mass is 16.5. The smallest absolute Gasteiger partial charge is 0.225 e. The zero-order valence-corrected chi connectivity index (χ0v) is 9.81. The highest BCUT2D eigenvalue weighted by molar-refractivity contribution is 5.33. The van der Waals surface area contributed by atoms with E-state index in [2.05, 4.69) is 21.8 Å². The van der Waals surface area contributed by atoms with E-state index in [4.69, 9.17) is 10.5 Å². The van der Waals surface area contributed by atoms with Gasteiger partial charge in [-0.1, -0.05) is 0 Å². The minimum Gasteiger partial charge on any atom is -0.375 e. The van der Waals surface area contributed by atoms with Gasteiger partial charge in [-0.25, -0.2) is 9.97 Å². The molecule has 0 aromatic carbocycles. The van der Waals surface area contributed by atoms with Gasteiger partial charge in [-0.15, -0.1) is 0 Å². The molecule has 0 aliphatic carbocycles. The lowest BCUT2D eigenvalue weighted by molar-refractivity contribution is 0.0526. The number of nitrogens with zero attached hydrogens (tertiary/aromatic N) is 3. The topological polar surface area (TPSA) is 64.3 Å². The van der Waals surface area contributed by atoms with E-state index in [9.17, 15) is 0 Å². The maximum Gasteiger partial charge on any atom is 0.225 e. The second-order valence-electron chi connectivity index (χ2n) is 4.11. The molecule has 5 nitrogen and oxygen atoms in total. The average molecular weight is 222 g/mol. The zero-order chi connectivity index (χ0) is 11.5. The second-order valence-corrected chi connectivity index (χ2v) is 4.11. The number of anilines is 1. The van der Waals surface area contributed by atoms with Crippen LogP contribution in [0.4, 0.5) is 5.95 Å². The largest absolute Gasteiger partial charge is 0.375 e. The number of hydrogen-bond donors (Lipinski definition) is 1. The Kier molecular flexibility index (Phi) is 3.36. The van der Waals surface area contributed by atoms with Crippen molar-refractivity contribution in [3.63, 3.8) is 0 Å². The van der Waals surface area contributed by atoms with Crippen LogP contribution in [0, 0.1) is 6.92 Å². The van der Waals surface area contributed by atoms with Crippen molar-refractivity contribution >= 4 is 5.95 Å². The van der Waals surface area contributed by atoms with Gasteiger partial charge in [0.15, 0.2) is 0 Å². The fraction of sp³-hybridized carbons (Fsp3) is 0.636. The summed E-state index contributed by atoms with van der Waals surface area (Å²) in [6.07, 6.45) is 2.06. The molecule has 1 aromatic rings. The summed E-state index contributed by atoms with van der Waals surface area (Å²) in [5.41, 5.74) is 7.56. The summed E-state index contributed by atoms with van der Waals surface area (Å²) in [6, 6.07) is 0. The lowest BCUT2D eigenvalue weighted by Gasteiger charge is -2.31. The first kappa shape index (κ1) is 11.3. The standard InChI is InChI=1S/C11H18N4O/c1-8-7-15(3-4-16-8)11-13-6-10(5-12)9(2)14-11/h6,8H,3-5,7,12H2,1-2H3. The van der Waals surface area contributed by atoms with E-state index in [1.165, 1.54) is 0 Å². The first-order valence-electron chi connectivity index (χ1n) is 5.60. The van der Waals surface area contributed by atoms with Crippen LogP contribution in [0.2, 0.25) is 0 Å². The maximum atomic E-state index is 5.59. The molecule has 0 radical (unpaired) electrons. The predicted molar refractivity (Wildman–Crippen MR) is 62.3 cm³/mol. The maximum absolute atomic E-state index is 5.59. The fourth-order valence-electron chi connectivity index (χ4n) is 1.83. The van der Waals surface area contributed by atoms with Gasteiger partial charge in [-0.2, -0.15) is 0 Å². The van der Waals surface area contributed by atoms with Crippen molar-refractivity contribution in [3.8, 4) is 0 Å². The van der Waals surface area contributed by atoms with Crippen molar-refractivity contribution in [1.29, 1.82) is 0 Å². The Labute approximate surface area is 95.6 Å². The SMILES string of the molecule is Cc1nc(N2CCOC(C)C2)ncc1CN. The van der Waals surface area contributed by atoms with Gasteiger partial charge in [0, 0.05) is 37.1 Å². The molecule has 1 atom stereocenters. The lowest BCUT2D eigenvalue weighted by atomic mass is 10.2. The van der Waals surface area contributed by atoms with Gasteiger partial charge >= 0.3 is 0 Å². The molecule has 0 bridgehead atoms. The molecule has 2 N–H and O–H groups in total. The molecule has 88 valence electrons. The molecule has 0 amide bonds. The summed E-state index contributed by atoms with van der Waals surface area (Å²) < 4.78 is 5.49. The van der Waals surface area contributed by atoms with Gasteiger partial charge in [-0.3, -0.25) is 0 Å². The van der Waals surface area contributed by atoms with Gasteiger partial charge in [-0.05, 0) is 13.8 Å². The summed E-state index contributed by atoms with van der Waals surface area (Å²) in [5.74, 6) is 0.782. The summed E-state index contributed by atoms with van der Waals surface area (Å²) in [4.78, 5) is 11.0. The quantitative estimate of drug-likeness (QED) is 0.788. The molecule has 1 aliphatic heterocycles. The van der Waals surface area contributed by atoms with Gasteiger partial charge in [0.25, 0.3) is 0 Å². The van der Waals surface area contributed by atoms with E-state index in [0.29, 0.717) is 6.54 Å². The summed E-state index contributed by atoms with van der Waals surface area (Å²) in [7, 11) is 0. The van der Waals surface area contributed by atoms with Gasteiger partial charge in [0.2, 0.25) is 5.95 Å². The van der Waals surface area contributed by atoms with Crippen molar-refractivity contribution in [2.45, 2.75) is 26.5 Å². The zero-order valence-electron chi connectivity index (χ0n) is 9.81. The number of nitrogens with two attached hydrogens (primary N) is 1. The van der Waals surface area contributed by atoms with E-state index >= 15 is 0 Å². The van der Waals surface area contributed by atoms with Gasteiger partial charge in [0.1, 0.15) is 0 Å². The predicted octanol–water partition coefficient (Wildman–Crippen LogP) is 0.469. The Morgan fingerprint density at radius 3 is 3.06 bits per heavy atom. The Balaban J connectivity index is 2.17. The Morgan fingerprint density at radius 1 is 1.62 bits per heavy atom. The molecule has 2 rings (SSSR count). The molecule has 1 unspecified atom stereocenters. The van der Waals surface area contributed by atoms with E-state index in [-0.39, 0.29) is 6.10 Å². The van der Waals surface area contributed by atoms with Crippen molar-refractivity contribution in [2.75, 3.05) is 24.6 Å². The monoisotopic (exact) mass is 222 g/mol. The molecule has 1 fully saturated rings. The van der Waals surface area contributed by atoms with Crippen LogP contribution in [0.3, 0.4) is 0 Å². The van der Waals surface area contributed by atoms with E-state index < -0.39 is 0 Å². The normalized spacial score (nSPS) is 21.2. The van der Waals surface area contributed by atoms with Crippen LogP contribution in [0.5, 0.6) is 0 Å². The third kappa shape index (κ3) is 2.31. The van der Waals surface area contributed by atoms with Crippen LogP contribution < -0.4 is 10.6 Å². The molecular formula is C11H18N4O. The van der Waals surface area contributed by atoms with E-state index in [0.717, 1.165) is 36.9 Å². The third-order valence-corrected chi connectivity index (χ3v) is 2.81. The number of aryl methyl sites for hydroxylation is 1. The van der Waals surface area contributed by atoms with Gasteiger partial charge in [0.05, 0.1) is 12.7 Å². The van der Waals surface area contributed by atoms with Crippen LogP contribution in [-0.4, -0.2) is 35.8 Å². The summed E-state index contributed by atoms with van der Waals surface area (Å²) >= 11 is 0. The van der Waals surface area contributed by atoms with E-state index in [1.54, 1.807) is 0 Å². The Hall–Kier alpha value is -1.20. The Bertz CT molecular complexity index is 369. The molecule has 2 heterocycles. The number of hydrogen-bond acceptors (Lipinski definition) is 5. The average Bonchev–Trinajstić information content (AvgIpc) is 2.29. The Morgan fingerprint density at radius 2 is 2.44 bits per heavy atom. The molecule has 1 saturated heterocycles. The lowest BCUT2D eigenvalue weighted by Crippen LogP contribution is -2.42. The van der Waals surface area contributed by atoms with Crippen molar-refractivity contribution in [1.82, 2.24) is 9.97 Å². The molecule has 0 spiro atoms. The van der Waals surface area contributed by atoms with Crippen LogP contribution in [0.1, 0.15) is 18.2 Å². The fourth-order valence-corrected chi connectivity index (χ4v) is 1.83. The highest BCUT2D eigenvalue weighted by Crippen LogP contribution is 2.14. The minimum atomic E-state index is 0.242. The molecule has 1 aliphatic rings. The summed E-state index contributed by atoms with van der Waals surface area (Å²) in [6.45, 7) is 6.96. The van der Waals surface area contributed by atoms with Crippen LogP contribution in [-0.2, 0) is 11.3 Å². The van der Waals surface area contributed by atoms with Crippen molar-refractivity contribution < 1.29 is 4.74 Å². The highest BCUT2D eigenvalue weighted by Gasteiger charge is 2.19. The molecule has 1 aromatic heterocycles. The number of rotatable bonds is 2.